The molecule has 0 aromatic heterocycles. The smallest absolute Gasteiger partial charge is 0.335 e. The third kappa shape index (κ3) is 7.47. The number of rotatable bonds is 11. The minimum atomic E-state index is -0.986. The largest absolute Gasteiger partial charge is 0.493 e. The van der Waals surface area contributed by atoms with Gasteiger partial charge in [-0.3, -0.25) is 4.79 Å². The average molecular weight is 471 g/mol. The first kappa shape index (κ1) is 25.1. The summed E-state index contributed by atoms with van der Waals surface area (Å²) >= 11 is 0. The molecular weight excluding hydrogens is 444 g/mol. The van der Waals surface area contributed by atoms with Crippen LogP contribution >= 0.6 is 0 Å². The van der Waals surface area contributed by atoms with Gasteiger partial charge in [0.05, 0.1) is 12.7 Å². The molecule has 0 atom stereocenters. The Morgan fingerprint density at radius 3 is 2.40 bits per heavy atom. The van der Waals surface area contributed by atoms with Crippen molar-refractivity contribution in [2.75, 3.05) is 13.7 Å². The molecule has 0 aliphatic heterocycles. The number of nitrogens with one attached hydrogen (secondary N) is 1. The maximum Gasteiger partial charge on any atom is 0.335 e. The number of ether oxygens (including phenoxy) is 2. The van der Waals surface area contributed by atoms with E-state index in [2.05, 4.69) is 5.32 Å². The van der Waals surface area contributed by atoms with Gasteiger partial charge in [-0.1, -0.05) is 48.5 Å². The molecule has 0 saturated heterocycles. The second-order valence-electron chi connectivity index (χ2n) is 7.72. The van der Waals surface area contributed by atoms with E-state index in [1.54, 1.807) is 30.3 Å². The summed E-state index contributed by atoms with van der Waals surface area (Å²) < 4.78 is 11.2. The number of benzene rings is 3. The van der Waals surface area contributed by atoms with Crippen LogP contribution in [0.15, 0.2) is 78.4 Å². The van der Waals surface area contributed by atoms with E-state index in [4.69, 9.17) is 14.6 Å². The number of carboxylic acid groups (broad SMARTS) is 1. The standard InChI is InChI=1S/C28H26N2O5/c1-34-26-17-22(11-14-25(26)35-19-21-9-12-23(13-10-21)28(32)33)16-24(18-29)27(31)30-15-5-8-20-6-3-2-4-7-20/h2-4,6-7,9-14,16-17H,5,8,15,19H2,1H3,(H,30,31)(H,32,33)/b24-16-. The van der Waals surface area contributed by atoms with Crippen LogP contribution in [0.3, 0.4) is 0 Å². The Morgan fingerprint density at radius 2 is 1.74 bits per heavy atom. The monoisotopic (exact) mass is 470 g/mol. The summed E-state index contributed by atoms with van der Waals surface area (Å²) in [5.74, 6) is -0.484. The zero-order valence-electron chi connectivity index (χ0n) is 19.4. The van der Waals surface area contributed by atoms with Gasteiger partial charge in [0.15, 0.2) is 11.5 Å². The highest BCUT2D eigenvalue weighted by Crippen LogP contribution is 2.29. The predicted molar refractivity (Wildman–Crippen MR) is 132 cm³/mol. The van der Waals surface area contributed by atoms with Crippen molar-refractivity contribution in [3.8, 4) is 17.6 Å². The lowest BCUT2D eigenvalue weighted by atomic mass is 10.1. The van der Waals surface area contributed by atoms with Crippen molar-refractivity contribution in [3.63, 3.8) is 0 Å². The summed E-state index contributed by atoms with van der Waals surface area (Å²) in [5, 5.41) is 21.2. The molecule has 3 rings (SSSR count). The molecular formula is C28H26N2O5. The van der Waals surface area contributed by atoms with Crippen molar-refractivity contribution in [1.82, 2.24) is 5.32 Å². The molecule has 7 heteroatoms. The summed E-state index contributed by atoms with van der Waals surface area (Å²) in [6.07, 6.45) is 3.12. The number of methoxy groups -OCH3 is 1. The van der Waals surface area contributed by atoms with Crippen molar-refractivity contribution in [3.05, 3.63) is 101 Å². The summed E-state index contributed by atoms with van der Waals surface area (Å²) in [6, 6.07) is 23.5. The van der Waals surface area contributed by atoms with Crippen molar-refractivity contribution in [2.45, 2.75) is 19.4 Å². The first-order valence-electron chi connectivity index (χ1n) is 11.1. The Labute approximate surface area is 204 Å². The van der Waals surface area contributed by atoms with E-state index in [1.807, 2.05) is 36.4 Å². The molecule has 2 N–H and O–H groups in total. The molecule has 35 heavy (non-hydrogen) atoms. The Bertz CT molecular complexity index is 1230. The Hall–Kier alpha value is -4.57. The van der Waals surface area contributed by atoms with Crippen molar-refractivity contribution >= 4 is 18.0 Å². The molecule has 0 aliphatic carbocycles. The molecule has 3 aromatic carbocycles. The highest BCUT2D eigenvalue weighted by atomic mass is 16.5. The molecule has 7 nitrogen and oxygen atoms in total. The summed E-state index contributed by atoms with van der Waals surface area (Å²) in [7, 11) is 1.50. The topological polar surface area (TPSA) is 109 Å². The Morgan fingerprint density at radius 1 is 1.00 bits per heavy atom. The summed E-state index contributed by atoms with van der Waals surface area (Å²) in [6.45, 7) is 0.691. The van der Waals surface area contributed by atoms with Gasteiger partial charge in [0, 0.05) is 6.54 Å². The highest BCUT2D eigenvalue weighted by molar-refractivity contribution is 6.01. The summed E-state index contributed by atoms with van der Waals surface area (Å²) in [5.41, 5.74) is 2.83. The molecule has 0 unspecified atom stereocenters. The van der Waals surface area contributed by atoms with E-state index in [1.165, 1.54) is 30.9 Å². The van der Waals surface area contributed by atoms with E-state index >= 15 is 0 Å². The third-order valence-electron chi connectivity index (χ3n) is 5.23. The average Bonchev–Trinajstić information content (AvgIpc) is 2.89. The third-order valence-corrected chi connectivity index (χ3v) is 5.23. The van der Waals surface area contributed by atoms with Crippen LogP contribution in [0.4, 0.5) is 0 Å². The van der Waals surface area contributed by atoms with Crippen LogP contribution < -0.4 is 14.8 Å². The number of aromatic carboxylic acids is 1. The van der Waals surface area contributed by atoms with Crippen LogP contribution in [0.2, 0.25) is 0 Å². The molecule has 0 fully saturated rings. The Kier molecular flexibility index (Phi) is 9.03. The number of nitrogens with zero attached hydrogens (tertiary/aromatic N) is 1. The first-order valence-corrected chi connectivity index (χ1v) is 11.1. The van der Waals surface area contributed by atoms with Gasteiger partial charge in [0.1, 0.15) is 18.2 Å². The van der Waals surface area contributed by atoms with E-state index in [0.717, 1.165) is 18.4 Å². The zero-order valence-corrected chi connectivity index (χ0v) is 19.4. The molecule has 3 aromatic rings. The molecule has 0 heterocycles. The Balaban J connectivity index is 1.59. The van der Waals surface area contributed by atoms with Crippen LogP contribution in [0.5, 0.6) is 11.5 Å². The van der Waals surface area contributed by atoms with Crippen LogP contribution in [-0.4, -0.2) is 30.6 Å². The molecule has 0 bridgehead atoms. The fourth-order valence-electron chi connectivity index (χ4n) is 3.35. The lowest BCUT2D eigenvalue weighted by molar-refractivity contribution is -0.117. The second-order valence-corrected chi connectivity index (χ2v) is 7.72. The molecule has 1 amide bonds. The van der Waals surface area contributed by atoms with Crippen LogP contribution in [0.1, 0.15) is 33.5 Å². The highest BCUT2D eigenvalue weighted by Gasteiger charge is 2.11. The number of hydrogen-bond donors (Lipinski definition) is 2. The van der Waals surface area contributed by atoms with Gasteiger partial charge in [-0.05, 0) is 59.9 Å². The van der Waals surface area contributed by atoms with Crippen LogP contribution in [0, 0.1) is 11.3 Å². The van der Waals surface area contributed by atoms with Crippen molar-refractivity contribution < 1.29 is 24.2 Å². The van der Waals surface area contributed by atoms with E-state index in [0.29, 0.717) is 23.6 Å². The number of carbonyl (C=O) groups is 2. The van der Waals surface area contributed by atoms with Crippen molar-refractivity contribution in [1.29, 1.82) is 5.26 Å². The van der Waals surface area contributed by atoms with Gasteiger partial charge < -0.3 is 19.9 Å². The number of carboxylic acids is 1. The zero-order chi connectivity index (χ0) is 25.0. The van der Waals surface area contributed by atoms with Gasteiger partial charge in [-0.25, -0.2) is 4.79 Å². The fourth-order valence-corrected chi connectivity index (χ4v) is 3.35. The predicted octanol–water partition coefficient (Wildman–Crippen LogP) is 4.63. The maximum absolute atomic E-state index is 12.4. The van der Waals surface area contributed by atoms with Crippen LogP contribution in [-0.2, 0) is 17.8 Å². The van der Waals surface area contributed by atoms with E-state index < -0.39 is 11.9 Å². The molecule has 178 valence electrons. The SMILES string of the molecule is COc1cc(/C=C(/C#N)C(=O)NCCCc2ccccc2)ccc1OCc1ccc(C(=O)O)cc1. The molecule has 0 radical (unpaired) electrons. The first-order chi connectivity index (χ1) is 17.0. The summed E-state index contributed by atoms with van der Waals surface area (Å²) in [4.78, 5) is 23.4. The quantitative estimate of drug-likeness (QED) is 0.240. The lowest BCUT2D eigenvalue weighted by Gasteiger charge is -2.12. The van der Waals surface area contributed by atoms with E-state index in [9.17, 15) is 14.9 Å². The minimum Gasteiger partial charge on any atom is -0.493 e. The van der Waals surface area contributed by atoms with Gasteiger partial charge in [0.2, 0.25) is 0 Å². The normalized spacial score (nSPS) is 10.8. The number of aryl methyl sites for hydroxylation is 1. The van der Waals surface area contributed by atoms with Gasteiger partial charge in [0.25, 0.3) is 5.91 Å². The van der Waals surface area contributed by atoms with Gasteiger partial charge in [-0.15, -0.1) is 0 Å². The lowest BCUT2D eigenvalue weighted by Crippen LogP contribution is -2.25. The maximum atomic E-state index is 12.4. The number of amides is 1. The van der Waals surface area contributed by atoms with E-state index in [-0.39, 0.29) is 17.7 Å². The van der Waals surface area contributed by atoms with Crippen LogP contribution in [0.25, 0.3) is 6.08 Å². The number of carbonyl (C=O) groups excluding carboxylic acids is 1. The minimum absolute atomic E-state index is 0.000970. The fraction of sp³-hybridized carbons (Fsp3) is 0.179. The number of hydrogen-bond acceptors (Lipinski definition) is 5. The molecule has 0 saturated carbocycles. The molecule has 0 spiro atoms. The van der Waals surface area contributed by atoms with Crippen molar-refractivity contribution in [2.24, 2.45) is 0 Å². The second kappa shape index (κ2) is 12.6. The number of nitriles is 1. The molecule has 0 aliphatic rings. The van der Waals surface area contributed by atoms with Gasteiger partial charge in [-0.2, -0.15) is 5.26 Å². The van der Waals surface area contributed by atoms with Gasteiger partial charge >= 0.3 is 5.97 Å².